The predicted molar refractivity (Wildman–Crippen MR) is 61.4 cm³/mol. The maximum Gasteiger partial charge on any atom is 0.303 e. The van der Waals surface area contributed by atoms with E-state index in [0.29, 0.717) is 0 Å². The van der Waals surface area contributed by atoms with Gasteiger partial charge in [0.05, 0.1) is 6.42 Å². The first kappa shape index (κ1) is 12.5. The van der Waals surface area contributed by atoms with Crippen molar-refractivity contribution >= 4 is 11.7 Å². The van der Waals surface area contributed by atoms with E-state index in [1.807, 2.05) is 21.0 Å². The van der Waals surface area contributed by atoms with Crippen molar-refractivity contribution in [2.45, 2.75) is 19.3 Å². The van der Waals surface area contributed by atoms with Crippen molar-refractivity contribution in [1.29, 1.82) is 0 Å². The Morgan fingerprint density at radius 1 is 1.50 bits per heavy atom. The molecule has 0 aromatic heterocycles. The highest BCUT2D eigenvalue weighted by molar-refractivity contribution is 5.69. The minimum Gasteiger partial charge on any atom is -0.481 e. The van der Waals surface area contributed by atoms with Crippen LogP contribution in [0.15, 0.2) is 18.2 Å². The van der Waals surface area contributed by atoms with Gasteiger partial charge in [0, 0.05) is 19.8 Å². The molecule has 0 fully saturated rings. The van der Waals surface area contributed by atoms with Crippen LogP contribution in [0.5, 0.6) is 0 Å². The fourth-order valence-electron chi connectivity index (χ4n) is 1.69. The Bertz CT molecular complexity index is 391. The molecule has 3 nitrogen and oxygen atoms in total. The molecule has 88 valence electrons. The Morgan fingerprint density at radius 2 is 2.12 bits per heavy atom. The summed E-state index contributed by atoms with van der Waals surface area (Å²) in [7, 11) is 3.62. The highest BCUT2D eigenvalue weighted by Gasteiger charge is 2.15. The van der Waals surface area contributed by atoms with Crippen molar-refractivity contribution in [3.05, 3.63) is 29.6 Å². The van der Waals surface area contributed by atoms with Crippen molar-refractivity contribution in [3.8, 4) is 0 Å². The third-order valence-electron chi connectivity index (χ3n) is 2.49. The molecule has 1 N–H and O–H groups in total. The van der Waals surface area contributed by atoms with Crippen molar-refractivity contribution in [2.75, 3.05) is 19.0 Å². The van der Waals surface area contributed by atoms with E-state index in [1.54, 1.807) is 11.0 Å². The number of carboxylic acids is 1. The van der Waals surface area contributed by atoms with Gasteiger partial charge in [0.15, 0.2) is 0 Å². The van der Waals surface area contributed by atoms with Gasteiger partial charge in [-0.15, -0.1) is 0 Å². The van der Waals surface area contributed by atoms with Crippen molar-refractivity contribution in [1.82, 2.24) is 0 Å². The number of hydrogen-bond donors (Lipinski definition) is 1. The zero-order chi connectivity index (χ0) is 12.3. The van der Waals surface area contributed by atoms with E-state index in [2.05, 4.69) is 0 Å². The summed E-state index contributed by atoms with van der Waals surface area (Å²) in [4.78, 5) is 12.4. The maximum atomic E-state index is 13.1. The van der Waals surface area contributed by atoms with E-state index in [4.69, 9.17) is 5.11 Å². The molecular formula is C12H16FNO2. The van der Waals surface area contributed by atoms with E-state index in [-0.39, 0.29) is 18.2 Å². The van der Waals surface area contributed by atoms with Crippen LogP contribution in [-0.4, -0.2) is 25.2 Å². The van der Waals surface area contributed by atoms with Gasteiger partial charge in [-0.2, -0.15) is 0 Å². The Balaban J connectivity index is 3.07. The standard InChI is InChI=1S/C12H16FNO2/c1-8(6-12(15)16)10-5-4-9(13)7-11(10)14(2)3/h4-5,7-8H,6H2,1-3H3,(H,15,16). The Hall–Kier alpha value is -1.58. The Morgan fingerprint density at radius 3 is 2.62 bits per heavy atom. The highest BCUT2D eigenvalue weighted by atomic mass is 19.1. The van der Waals surface area contributed by atoms with Crippen LogP contribution in [0, 0.1) is 5.82 Å². The topological polar surface area (TPSA) is 40.5 Å². The Kier molecular flexibility index (Phi) is 3.88. The van der Waals surface area contributed by atoms with Crippen LogP contribution in [0.1, 0.15) is 24.8 Å². The molecule has 1 atom stereocenters. The number of anilines is 1. The first-order valence-electron chi connectivity index (χ1n) is 5.10. The normalized spacial score (nSPS) is 12.2. The molecule has 1 aromatic rings. The smallest absolute Gasteiger partial charge is 0.303 e. The summed E-state index contributed by atoms with van der Waals surface area (Å²) >= 11 is 0. The fourth-order valence-corrected chi connectivity index (χ4v) is 1.69. The van der Waals surface area contributed by atoms with Crippen LogP contribution in [0.4, 0.5) is 10.1 Å². The first-order chi connectivity index (χ1) is 7.41. The minimum atomic E-state index is -0.846. The van der Waals surface area contributed by atoms with Gasteiger partial charge in [0.2, 0.25) is 0 Å². The van der Waals surface area contributed by atoms with E-state index in [1.165, 1.54) is 12.1 Å². The van der Waals surface area contributed by atoms with Gasteiger partial charge in [-0.1, -0.05) is 13.0 Å². The van der Waals surface area contributed by atoms with Crippen LogP contribution >= 0.6 is 0 Å². The summed E-state index contributed by atoms with van der Waals surface area (Å²) in [6, 6.07) is 4.44. The molecule has 1 unspecified atom stereocenters. The van der Waals surface area contributed by atoms with Gasteiger partial charge < -0.3 is 10.0 Å². The lowest BCUT2D eigenvalue weighted by atomic mass is 9.95. The second kappa shape index (κ2) is 4.96. The lowest BCUT2D eigenvalue weighted by Gasteiger charge is -2.20. The number of rotatable bonds is 4. The first-order valence-corrected chi connectivity index (χ1v) is 5.10. The third-order valence-corrected chi connectivity index (χ3v) is 2.49. The molecular weight excluding hydrogens is 209 g/mol. The van der Waals surface area contributed by atoms with Crippen molar-refractivity contribution in [3.63, 3.8) is 0 Å². The molecule has 0 bridgehead atoms. The number of aliphatic carboxylic acids is 1. The van der Waals surface area contributed by atoms with E-state index in [9.17, 15) is 9.18 Å². The fraction of sp³-hybridized carbons (Fsp3) is 0.417. The molecule has 0 aliphatic carbocycles. The Labute approximate surface area is 94.5 Å². The average Bonchev–Trinajstić information content (AvgIpc) is 2.16. The summed E-state index contributed by atoms with van der Waals surface area (Å²) < 4.78 is 13.1. The number of carboxylic acid groups (broad SMARTS) is 1. The predicted octanol–water partition coefficient (Wildman–Crippen LogP) is 2.47. The van der Waals surface area contributed by atoms with Crippen LogP contribution in [0.3, 0.4) is 0 Å². The van der Waals surface area contributed by atoms with Gasteiger partial charge in [0.25, 0.3) is 0 Å². The molecule has 4 heteroatoms. The largest absolute Gasteiger partial charge is 0.481 e. The second-order valence-corrected chi connectivity index (χ2v) is 4.10. The second-order valence-electron chi connectivity index (χ2n) is 4.10. The monoisotopic (exact) mass is 225 g/mol. The summed E-state index contributed by atoms with van der Waals surface area (Å²) in [6.07, 6.45) is 0.0481. The summed E-state index contributed by atoms with van der Waals surface area (Å²) in [5.74, 6) is -1.29. The van der Waals surface area contributed by atoms with Crippen LogP contribution in [0.25, 0.3) is 0 Å². The lowest BCUT2D eigenvalue weighted by molar-refractivity contribution is -0.137. The van der Waals surface area contributed by atoms with Crippen LogP contribution < -0.4 is 4.90 Å². The van der Waals surface area contributed by atoms with Gasteiger partial charge >= 0.3 is 5.97 Å². The van der Waals surface area contributed by atoms with Gasteiger partial charge in [-0.05, 0) is 23.6 Å². The lowest BCUT2D eigenvalue weighted by Crippen LogP contribution is -2.14. The quantitative estimate of drug-likeness (QED) is 0.855. The number of benzene rings is 1. The third kappa shape index (κ3) is 2.95. The van der Waals surface area contributed by atoms with Crippen LogP contribution in [0.2, 0.25) is 0 Å². The maximum absolute atomic E-state index is 13.1. The van der Waals surface area contributed by atoms with Gasteiger partial charge in [-0.25, -0.2) is 4.39 Å². The molecule has 0 radical (unpaired) electrons. The molecule has 16 heavy (non-hydrogen) atoms. The summed E-state index contributed by atoms with van der Waals surface area (Å²) in [5.41, 5.74) is 1.59. The molecule has 0 spiro atoms. The molecule has 0 heterocycles. The number of halogens is 1. The minimum absolute atomic E-state index is 0.0481. The van der Waals surface area contributed by atoms with Crippen LogP contribution in [-0.2, 0) is 4.79 Å². The van der Waals surface area contributed by atoms with Crippen molar-refractivity contribution < 1.29 is 14.3 Å². The van der Waals surface area contributed by atoms with E-state index in [0.717, 1.165) is 11.3 Å². The molecule has 0 aliphatic heterocycles. The average molecular weight is 225 g/mol. The van der Waals surface area contributed by atoms with E-state index < -0.39 is 5.97 Å². The SMILES string of the molecule is CC(CC(=O)O)c1ccc(F)cc1N(C)C. The molecule has 0 saturated carbocycles. The zero-order valence-electron chi connectivity index (χ0n) is 9.70. The number of hydrogen-bond acceptors (Lipinski definition) is 2. The molecule has 0 saturated heterocycles. The molecule has 1 aromatic carbocycles. The summed E-state index contributed by atoms with van der Waals surface area (Å²) in [6.45, 7) is 1.83. The van der Waals surface area contributed by atoms with Gasteiger partial charge in [-0.3, -0.25) is 4.79 Å². The van der Waals surface area contributed by atoms with Gasteiger partial charge in [0.1, 0.15) is 5.82 Å². The molecule has 0 amide bonds. The number of nitrogens with zero attached hydrogens (tertiary/aromatic N) is 1. The number of carbonyl (C=O) groups is 1. The highest BCUT2D eigenvalue weighted by Crippen LogP contribution is 2.29. The zero-order valence-corrected chi connectivity index (χ0v) is 9.70. The van der Waals surface area contributed by atoms with Crippen molar-refractivity contribution in [2.24, 2.45) is 0 Å². The van der Waals surface area contributed by atoms with E-state index >= 15 is 0 Å². The molecule has 0 aliphatic rings. The molecule has 1 rings (SSSR count). The summed E-state index contributed by atoms with van der Waals surface area (Å²) in [5, 5.41) is 8.74.